The molecule has 0 saturated heterocycles. The Morgan fingerprint density at radius 1 is 1.16 bits per heavy atom. The van der Waals surface area contributed by atoms with Crippen LogP contribution in [0, 0.1) is 0 Å². The number of nitrogens with zero attached hydrogens (tertiary/aromatic N) is 4. The van der Waals surface area contributed by atoms with Gasteiger partial charge in [-0.25, -0.2) is 4.98 Å². The van der Waals surface area contributed by atoms with Gasteiger partial charge in [-0.05, 0) is 36.6 Å². The lowest BCUT2D eigenvalue weighted by Crippen LogP contribution is -2.37. The first-order valence-electron chi connectivity index (χ1n) is 11.1. The van der Waals surface area contributed by atoms with Crippen LogP contribution in [-0.4, -0.2) is 74.2 Å². The minimum absolute atomic E-state index is 0.0475. The summed E-state index contributed by atoms with van der Waals surface area (Å²) in [4.78, 5) is 40.0. The molecule has 0 spiro atoms. The average molecular weight is 592 g/mol. The number of allylic oxidation sites excluding steroid dienone is 1. The van der Waals surface area contributed by atoms with E-state index in [1.807, 2.05) is 37.3 Å². The number of hydrogen-bond acceptors (Lipinski definition) is 10. The standard InChI is InChI=1S/C21H28ClN5O9P2/c1-3-13(9-36-38(34,35)11-37(31,32)33)16(28)17(29)20(30)27-10-23-15-18(25-21(22)26-19(15)27)24-12(2)14-7-5-4-6-8-14/h3-8,10,12,16-17,20,28-30H,9,11H2,1-2H3,(H,34,35)(H,24,25,26)(H2,31,32,33)/b13-3-/t12-,16+,17+,20+/m0/s1. The van der Waals surface area contributed by atoms with Crippen molar-refractivity contribution in [2.75, 3.05) is 17.8 Å². The average Bonchev–Trinajstić information content (AvgIpc) is 3.26. The Balaban J connectivity index is 1.80. The number of halogens is 1. The first kappa shape index (κ1) is 30.3. The summed E-state index contributed by atoms with van der Waals surface area (Å²) in [6.45, 7) is 2.58. The van der Waals surface area contributed by atoms with Gasteiger partial charge in [0.1, 0.15) is 12.2 Å². The molecule has 3 rings (SSSR count). The lowest BCUT2D eigenvalue weighted by Gasteiger charge is -2.26. The molecule has 0 aliphatic rings. The fourth-order valence-corrected chi connectivity index (χ4v) is 6.25. The van der Waals surface area contributed by atoms with E-state index in [2.05, 4.69) is 20.3 Å². The molecule has 17 heteroatoms. The molecule has 5 atom stereocenters. The molecular weight excluding hydrogens is 564 g/mol. The van der Waals surface area contributed by atoms with Crippen molar-refractivity contribution in [3.63, 3.8) is 0 Å². The third-order valence-electron chi connectivity index (χ3n) is 5.51. The van der Waals surface area contributed by atoms with Crippen molar-refractivity contribution in [2.45, 2.75) is 38.3 Å². The van der Waals surface area contributed by atoms with Crippen molar-refractivity contribution in [2.24, 2.45) is 0 Å². The summed E-state index contributed by atoms with van der Waals surface area (Å²) in [5.74, 6) is -1.15. The molecule has 2 heterocycles. The minimum atomic E-state index is -4.85. The number of aliphatic hydroxyl groups excluding tert-OH is 3. The van der Waals surface area contributed by atoms with Gasteiger partial charge in [-0.3, -0.25) is 13.7 Å². The van der Waals surface area contributed by atoms with Crippen LogP contribution >= 0.6 is 26.8 Å². The Morgan fingerprint density at radius 2 is 1.82 bits per heavy atom. The van der Waals surface area contributed by atoms with Crippen molar-refractivity contribution in [3.8, 4) is 0 Å². The minimum Gasteiger partial charge on any atom is -0.386 e. The van der Waals surface area contributed by atoms with E-state index in [1.165, 1.54) is 19.3 Å². The van der Waals surface area contributed by atoms with Crippen LogP contribution in [-0.2, 0) is 13.7 Å². The van der Waals surface area contributed by atoms with Crippen molar-refractivity contribution in [1.82, 2.24) is 19.5 Å². The fraction of sp³-hybridized carbons (Fsp3) is 0.381. The van der Waals surface area contributed by atoms with E-state index in [4.69, 9.17) is 25.9 Å². The van der Waals surface area contributed by atoms with E-state index < -0.39 is 46.1 Å². The number of imidazole rings is 1. The van der Waals surface area contributed by atoms with Crippen molar-refractivity contribution in [3.05, 3.63) is 59.2 Å². The summed E-state index contributed by atoms with van der Waals surface area (Å²) in [5, 5.41) is 35.1. The highest BCUT2D eigenvalue weighted by atomic mass is 35.5. The second-order valence-corrected chi connectivity index (χ2v) is 12.7. The smallest absolute Gasteiger partial charge is 0.340 e. The summed E-state index contributed by atoms with van der Waals surface area (Å²) in [6, 6.07) is 9.29. The predicted molar refractivity (Wildman–Crippen MR) is 139 cm³/mol. The number of aromatic nitrogens is 4. The Bertz CT molecular complexity index is 1380. The molecule has 0 aliphatic heterocycles. The van der Waals surface area contributed by atoms with E-state index >= 15 is 0 Å². The fourth-order valence-electron chi connectivity index (χ4n) is 3.55. The van der Waals surface area contributed by atoms with Crippen LogP contribution in [0.25, 0.3) is 11.2 Å². The summed E-state index contributed by atoms with van der Waals surface area (Å²) in [5.41, 5.74) is 1.10. The largest absolute Gasteiger partial charge is 0.386 e. The molecule has 0 saturated carbocycles. The van der Waals surface area contributed by atoms with Gasteiger partial charge in [-0.2, -0.15) is 9.97 Å². The van der Waals surface area contributed by atoms with Crippen LogP contribution < -0.4 is 5.32 Å². The van der Waals surface area contributed by atoms with Crippen LogP contribution in [0.15, 0.2) is 48.3 Å². The van der Waals surface area contributed by atoms with Crippen molar-refractivity contribution in [1.29, 1.82) is 0 Å². The molecule has 0 bridgehead atoms. The summed E-state index contributed by atoms with van der Waals surface area (Å²) >= 11 is 6.10. The van der Waals surface area contributed by atoms with Gasteiger partial charge < -0.3 is 39.8 Å². The maximum absolute atomic E-state index is 11.9. The van der Waals surface area contributed by atoms with E-state index in [9.17, 15) is 29.3 Å². The zero-order chi connectivity index (χ0) is 28.3. The molecular formula is C21H28ClN5O9P2. The molecule has 1 unspecified atom stereocenters. The molecule has 0 radical (unpaired) electrons. The maximum atomic E-state index is 11.9. The number of hydrogen-bond donors (Lipinski definition) is 7. The summed E-state index contributed by atoms with van der Waals surface area (Å²) in [6.07, 6.45) is -3.10. The highest BCUT2D eigenvalue weighted by Gasteiger charge is 2.34. The van der Waals surface area contributed by atoms with Gasteiger partial charge in [0.15, 0.2) is 29.1 Å². The van der Waals surface area contributed by atoms with Gasteiger partial charge in [0.25, 0.3) is 0 Å². The van der Waals surface area contributed by atoms with Gasteiger partial charge in [0, 0.05) is 0 Å². The lowest BCUT2D eigenvalue weighted by atomic mass is 10.0. The summed E-state index contributed by atoms with van der Waals surface area (Å²) in [7, 11) is -9.57. The SMILES string of the molecule is C/C=C(/COP(=O)(O)CP(=O)(O)O)[C@@H](O)[C@@H](O)[C@@H](O)n1cnc2c(N[C@@H](C)c3ccccc3)nc(Cl)nc21. The number of fused-ring (bicyclic) bond motifs is 1. The topological polar surface area (TPSA) is 220 Å². The van der Waals surface area contributed by atoms with Crippen LogP contribution in [0.5, 0.6) is 0 Å². The van der Waals surface area contributed by atoms with Crippen LogP contribution in [0.2, 0.25) is 5.28 Å². The van der Waals surface area contributed by atoms with Gasteiger partial charge in [0.2, 0.25) is 5.28 Å². The first-order valence-corrected chi connectivity index (χ1v) is 15.1. The molecule has 0 aliphatic carbocycles. The Hall–Kier alpha value is -2.22. The zero-order valence-electron chi connectivity index (χ0n) is 20.2. The van der Waals surface area contributed by atoms with Gasteiger partial charge in [-0.15, -0.1) is 0 Å². The Kier molecular flexibility index (Phi) is 9.82. The third kappa shape index (κ3) is 7.67. The molecule has 7 N–H and O–H groups in total. The van der Waals surface area contributed by atoms with Crippen molar-refractivity contribution < 1.29 is 43.7 Å². The van der Waals surface area contributed by atoms with E-state index in [-0.39, 0.29) is 33.9 Å². The highest BCUT2D eigenvalue weighted by molar-refractivity contribution is 7.70. The number of anilines is 1. The van der Waals surface area contributed by atoms with Gasteiger partial charge in [-0.1, -0.05) is 36.4 Å². The van der Waals surface area contributed by atoms with E-state index in [0.29, 0.717) is 0 Å². The number of rotatable bonds is 12. The van der Waals surface area contributed by atoms with Crippen LogP contribution in [0.4, 0.5) is 5.82 Å². The molecule has 208 valence electrons. The second kappa shape index (κ2) is 12.3. The highest BCUT2D eigenvalue weighted by Crippen LogP contribution is 2.55. The molecule has 0 fully saturated rings. The molecule has 14 nitrogen and oxygen atoms in total. The zero-order valence-corrected chi connectivity index (χ0v) is 22.8. The summed E-state index contributed by atoms with van der Waals surface area (Å²) < 4.78 is 28.7. The Labute approximate surface area is 222 Å². The Morgan fingerprint density at radius 3 is 2.42 bits per heavy atom. The second-order valence-electron chi connectivity index (χ2n) is 8.37. The maximum Gasteiger partial charge on any atom is 0.340 e. The van der Waals surface area contributed by atoms with Gasteiger partial charge >= 0.3 is 15.2 Å². The van der Waals surface area contributed by atoms with Crippen LogP contribution in [0.3, 0.4) is 0 Å². The normalized spacial score (nSPS) is 17.6. The lowest BCUT2D eigenvalue weighted by molar-refractivity contribution is -0.0795. The quantitative estimate of drug-likeness (QED) is 0.0912. The predicted octanol–water partition coefficient (Wildman–Crippen LogP) is 2.15. The van der Waals surface area contributed by atoms with E-state index in [1.54, 1.807) is 0 Å². The molecule has 0 amide bonds. The monoisotopic (exact) mass is 591 g/mol. The number of nitrogens with one attached hydrogen (secondary N) is 1. The number of benzene rings is 1. The van der Waals surface area contributed by atoms with Gasteiger partial charge in [0.05, 0.1) is 19.0 Å². The molecule has 38 heavy (non-hydrogen) atoms. The molecule has 1 aromatic carbocycles. The third-order valence-corrected chi connectivity index (χ3v) is 9.11. The van der Waals surface area contributed by atoms with E-state index in [0.717, 1.165) is 10.1 Å². The molecule has 2 aromatic heterocycles. The molecule has 3 aromatic rings. The van der Waals surface area contributed by atoms with Crippen molar-refractivity contribution >= 4 is 43.8 Å². The first-order chi connectivity index (χ1) is 17.7. The van der Waals surface area contributed by atoms with Crippen LogP contribution in [0.1, 0.15) is 31.7 Å². The number of aliphatic hydroxyl groups is 3.